The molecule has 31 heavy (non-hydrogen) atoms. The smallest absolute Gasteiger partial charge is 0.349 e. The number of aromatic nitrogens is 2. The van der Waals surface area contributed by atoms with Crippen LogP contribution in [0.15, 0.2) is 56.9 Å². The molecule has 2 aromatic heterocycles. The van der Waals surface area contributed by atoms with Gasteiger partial charge in [0.2, 0.25) is 5.91 Å². The summed E-state index contributed by atoms with van der Waals surface area (Å²) in [5.74, 6) is 0.176. The number of nitrogens with zero attached hydrogens (tertiary/aromatic N) is 2. The minimum absolute atomic E-state index is 0.125. The number of fused-ring (bicyclic) bond motifs is 1. The Bertz CT molecular complexity index is 1150. The van der Waals surface area contributed by atoms with Gasteiger partial charge in [0.05, 0.1) is 31.2 Å². The Morgan fingerprint density at radius 2 is 2.03 bits per heavy atom. The van der Waals surface area contributed by atoms with Crippen LogP contribution in [0.2, 0.25) is 0 Å². The highest BCUT2D eigenvalue weighted by atomic mass is 32.2. The lowest BCUT2D eigenvalue weighted by molar-refractivity contribution is -0.113. The number of esters is 1. The molecular weight excluding hydrogens is 418 g/mol. The monoisotopic (exact) mass is 439 g/mol. The van der Waals surface area contributed by atoms with Gasteiger partial charge in [-0.3, -0.25) is 9.36 Å². The highest BCUT2D eigenvalue weighted by molar-refractivity contribution is 8.00. The summed E-state index contributed by atoms with van der Waals surface area (Å²) in [6.45, 7) is 0.355. The third-order valence-corrected chi connectivity index (χ3v) is 6.04. The van der Waals surface area contributed by atoms with Crippen LogP contribution in [-0.2, 0) is 28.9 Å². The summed E-state index contributed by atoms with van der Waals surface area (Å²) in [5, 5.41) is 3.40. The number of thioether (sulfide) groups is 1. The molecule has 0 unspecified atom stereocenters. The second-order valence-electron chi connectivity index (χ2n) is 7.05. The molecule has 0 bridgehead atoms. The number of hydrogen-bond donors (Lipinski definition) is 1. The average Bonchev–Trinajstić information content (AvgIpc) is 3.46. The van der Waals surface area contributed by atoms with Gasteiger partial charge in [0.25, 0.3) is 0 Å². The zero-order valence-electron chi connectivity index (χ0n) is 16.9. The molecule has 0 fully saturated rings. The van der Waals surface area contributed by atoms with Crippen molar-refractivity contribution in [1.82, 2.24) is 9.55 Å². The molecule has 0 saturated heterocycles. The molecule has 1 N–H and O–H groups in total. The second-order valence-corrected chi connectivity index (χ2v) is 8.01. The van der Waals surface area contributed by atoms with Gasteiger partial charge < -0.3 is 14.5 Å². The van der Waals surface area contributed by atoms with E-state index >= 15 is 0 Å². The number of amides is 1. The maximum Gasteiger partial charge on any atom is 0.349 e. The highest BCUT2D eigenvalue weighted by Crippen LogP contribution is 2.29. The standard InChI is InChI=1S/C22H21N3O5S/c1-29-21(27)14-7-9-15(10-8-14)23-19(26)13-31-20-17-5-2-6-18(17)25(22(28)24-20)12-16-4-3-11-30-16/h3-4,7-11H,2,5-6,12-13H2,1H3,(H,23,26). The SMILES string of the molecule is COC(=O)c1ccc(NC(=O)CSc2nc(=O)n(Cc3ccco3)c3c2CCC3)cc1. The molecule has 8 nitrogen and oxygen atoms in total. The molecule has 3 aromatic rings. The number of carbonyl (C=O) groups is 2. The molecule has 160 valence electrons. The van der Waals surface area contributed by atoms with E-state index in [1.165, 1.54) is 18.9 Å². The zero-order chi connectivity index (χ0) is 21.8. The van der Waals surface area contributed by atoms with Crippen LogP contribution in [0, 0.1) is 0 Å². The van der Waals surface area contributed by atoms with Crippen molar-refractivity contribution in [3.05, 3.63) is 75.7 Å². The number of anilines is 1. The van der Waals surface area contributed by atoms with Crippen molar-refractivity contribution in [3.8, 4) is 0 Å². The topological polar surface area (TPSA) is 103 Å². The fourth-order valence-corrected chi connectivity index (χ4v) is 4.44. The summed E-state index contributed by atoms with van der Waals surface area (Å²) in [6, 6.07) is 10.1. The first-order chi connectivity index (χ1) is 15.0. The minimum Gasteiger partial charge on any atom is -0.467 e. The van der Waals surface area contributed by atoms with Crippen LogP contribution in [0.5, 0.6) is 0 Å². The number of methoxy groups -OCH3 is 1. The number of hydrogen-bond acceptors (Lipinski definition) is 7. The highest BCUT2D eigenvalue weighted by Gasteiger charge is 2.23. The third kappa shape index (κ3) is 4.72. The van der Waals surface area contributed by atoms with Crippen molar-refractivity contribution < 1.29 is 18.7 Å². The van der Waals surface area contributed by atoms with Gasteiger partial charge in [0.15, 0.2) is 0 Å². The molecule has 0 saturated carbocycles. The summed E-state index contributed by atoms with van der Waals surface area (Å²) in [7, 11) is 1.31. The Morgan fingerprint density at radius 3 is 2.74 bits per heavy atom. The van der Waals surface area contributed by atoms with Gasteiger partial charge >= 0.3 is 11.7 Å². The van der Waals surface area contributed by atoms with E-state index in [-0.39, 0.29) is 17.3 Å². The summed E-state index contributed by atoms with van der Waals surface area (Å²) < 4.78 is 11.7. The van der Waals surface area contributed by atoms with Crippen LogP contribution in [0.1, 0.15) is 33.8 Å². The van der Waals surface area contributed by atoms with Crippen molar-refractivity contribution in [2.24, 2.45) is 0 Å². The zero-order valence-corrected chi connectivity index (χ0v) is 17.7. The fourth-order valence-electron chi connectivity index (χ4n) is 3.57. The molecule has 4 rings (SSSR count). The first kappa shape index (κ1) is 20.9. The van der Waals surface area contributed by atoms with Gasteiger partial charge in [0, 0.05) is 16.9 Å². The lowest BCUT2D eigenvalue weighted by Crippen LogP contribution is -2.28. The Labute approximate surface area is 182 Å². The van der Waals surface area contributed by atoms with Gasteiger partial charge in [-0.25, -0.2) is 9.59 Å². The van der Waals surface area contributed by atoms with E-state index in [0.29, 0.717) is 28.6 Å². The van der Waals surface area contributed by atoms with Crippen LogP contribution in [0.3, 0.4) is 0 Å². The van der Waals surface area contributed by atoms with E-state index in [1.54, 1.807) is 41.2 Å². The van der Waals surface area contributed by atoms with Crippen LogP contribution in [-0.4, -0.2) is 34.3 Å². The normalized spacial score (nSPS) is 12.4. The summed E-state index contributed by atoms with van der Waals surface area (Å²) in [5.41, 5.74) is 2.65. The first-order valence-corrected chi connectivity index (χ1v) is 10.8. The molecule has 2 heterocycles. The lowest BCUT2D eigenvalue weighted by atomic mass is 10.2. The van der Waals surface area contributed by atoms with Crippen LogP contribution in [0.25, 0.3) is 0 Å². The number of nitrogens with one attached hydrogen (secondary N) is 1. The van der Waals surface area contributed by atoms with Gasteiger partial charge in [-0.1, -0.05) is 11.8 Å². The van der Waals surface area contributed by atoms with Crippen LogP contribution < -0.4 is 11.0 Å². The van der Waals surface area contributed by atoms with Crippen LogP contribution in [0.4, 0.5) is 5.69 Å². The molecule has 1 aromatic carbocycles. The van der Waals surface area contributed by atoms with Gasteiger partial charge in [0.1, 0.15) is 10.8 Å². The summed E-state index contributed by atoms with van der Waals surface area (Å²) >= 11 is 1.26. The molecule has 0 atom stereocenters. The van der Waals surface area contributed by atoms with Crippen molar-refractivity contribution in [2.45, 2.75) is 30.8 Å². The number of carbonyl (C=O) groups excluding carboxylic acids is 2. The Kier molecular flexibility index (Phi) is 6.22. The summed E-state index contributed by atoms with van der Waals surface area (Å²) in [6.07, 6.45) is 4.17. The van der Waals surface area contributed by atoms with E-state index in [9.17, 15) is 14.4 Å². The van der Waals surface area contributed by atoms with E-state index in [4.69, 9.17) is 4.42 Å². The third-order valence-electron chi connectivity index (χ3n) is 5.02. The first-order valence-electron chi connectivity index (χ1n) is 9.81. The van der Waals surface area contributed by atoms with E-state index < -0.39 is 5.97 Å². The lowest BCUT2D eigenvalue weighted by Gasteiger charge is -2.13. The predicted molar refractivity (Wildman–Crippen MR) is 115 cm³/mol. The van der Waals surface area contributed by atoms with E-state index in [2.05, 4.69) is 15.0 Å². The molecule has 1 aliphatic carbocycles. The van der Waals surface area contributed by atoms with Crippen molar-refractivity contribution >= 4 is 29.3 Å². The number of benzene rings is 1. The average molecular weight is 439 g/mol. The van der Waals surface area contributed by atoms with E-state index in [0.717, 1.165) is 30.5 Å². The number of ether oxygens (including phenoxy) is 1. The molecule has 0 aliphatic heterocycles. The van der Waals surface area contributed by atoms with E-state index in [1.807, 2.05) is 6.07 Å². The van der Waals surface area contributed by atoms with Crippen molar-refractivity contribution in [1.29, 1.82) is 0 Å². The molecular formula is C22H21N3O5S. The minimum atomic E-state index is -0.435. The molecule has 0 spiro atoms. The molecule has 1 amide bonds. The molecule has 9 heteroatoms. The number of furan rings is 1. The maximum atomic E-state index is 12.6. The van der Waals surface area contributed by atoms with Gasteiger partial charge in [-0.2, -0.15) is 4.98 Å². The molecule has 0 radical (unpaired) electrons. The van der Waals surface area contributed by atoms with Crippen LogP contribution >= 0.6 is 11.8 Å². The maximum absolute atomic E-state index is 12.6. The summed E-state index contributed by atoms with van der Waals surface area (Å²) in [4.78, 5) is 40.7. The van der Waals surface area contributed by atoms with Gasteiger partial charge in [-0.05, 0) is 55.7 Å². The largest absolute Gasteiger partial charge is 0.467 e. The fraction of sp³-hybridized carbons (Fsp3) is 0.273. The molecule has 1 aliphatic rings. The Hall–Kier alpha value is -3.33. The quantitative estimate of drug-likeness (QED) is 0.343. The van der Waals surface area contributed by atoms with Crippen molar-refractivity contribution in [3.63, 3.8) is 0 Å². The second kappa shape index (κ2) is 9.22. The van der Waals surface area contributed by atoms with Gasteiger partial charge in [-0.15, -0.1) is 0 Å². The van der Waals surface area contributed by atoms with Crippen molar-refractivity contribution in [2.75, 3.05) is 18.2 Å². The Balaban J connectivity index is 1.43. The predicted octanol–water partition coefficient (Wildman–Crippen LogP) is 2.89. The Morgan fingerprint density at radius 1 is 1.23 bits per heavy atom. The number of rotatable bonds is 7.